The van der Waals surface area contributed by atoms with Crippen molar-refractivity contribution in [3.8, 4) is 69.0 Å². The highest BCUT2D eigenvalue weighted by Gasteiger charge is 2.34. The van der Waals surface area contributed by atoms with Gasteiger partial charge in [0.25, 0.3) is 0 Å². The van der Waals surface area contributed by atoms with E-state index in [4.69, 9.17) is 0 Å². The van der Waals surface area contributed by atoms with E-state index in [9.17, 15) is 21.0 Å². The lowest BCUT2D eigenvalue weighted by Crippen LogP contribution is -2.14. The Kier molecular flexibility index (Phi) is 5.62. The minimum Gasteiger partial charge on any atom is -0.312 e. The van der Waals surface area contributed by atoms with E-state index in [0.29, 0.717) is 16.8 Å². The van der Waals surface area contributed by atoms with Crippen molar-refractivity contribution in [3.05, 3.63) is 130 Å². The smallest absolute Gasteiger partial charge is 0.206 e. The number of benzene rings is 5. The van der Waals surface area contributed by atoms with Crippen molar-refractivity contribution in [2.45, 2.75) is 6.04 Å². The minimum atomic E-state index is -0.349. The van der Waals surface area contributed by atoms with Crippen LogP contribution in [0, 0.1) is 45.6 Å². The molecule has 0 aromatic heterocycles. The van der Waals surface area contributed by atoms with Gasteiger partial charge in [0.2, 0.25) is 6.19 Å². The van der Waals surface area contributed by atoms with Crippen LogP contribution in [0.15, 0.2) is 102 Å². The SMILES string of the molecule is N#C/N=C1\c2cc(-c3cccc(C#N)c3)ccc2-c2cc3c(cc21)-c1ccc(-c2cccc(C#N)c2)cc1C3NC#N. The van der Waals surface area contributed by atoms with Crippen LogP contribution in [0.2, 0.25) is 0 Å². The first-order chi connectivity index (χ1) is 20.6. The third-order valence-electron chi connectivity index (χ3n) is 7.99. The van der Waals surface area contributed by atoms with Gasteiger partial charge in [0.05, 0.1) is 35.0 Å². The molecule has 0 spiro atoms. The van der Waals surface area contributed by atoms with Gasteiger partial charge in [0, 0.05) is 11.1 Å². The Bertz CT molecular complexity index is 2180. The summed E-state index contributed by atoms with van der Waals surface area (Å²) in [6.45, 7) is 0. The highest BCUT2D eigenvalue weighted by atomic mass is 14.9. The number of nitriles is 4. The second-order valence-electron chi connectivity index (χ2n) is 10.2. The summed E-state index contributed by atoms with van der Waals surface area (Å²) in [6.07, 6.45) is 4.12. The van der Waals surface area contributed by atoms with Crippen LogP contribution in [0.4, 0.5) is 0 Å². The van der Waals surface area contributed by atoms with Gasteiger partial charge in [-0.15, -0.1) is 0 Å². The largest absolute Gasteiger partial charge is 0.312 e. The van der Waals surface area contributed by atoms with Crippen LogP contribution in [0.5, 0.6) is 0 Å². The Hall–Kier alpha value is -6.47. The fourth-order valence-corrected chi connectivity index (χ4v) is 6.13. The molecule has 2 aliphatic rings. The van der Waals surface area contributed by atoms with Crippen LogP contribution in [0.1, 0.15) is 39.4 Å². The van der Waals surface area contributed by atoms with E-state index >= 15 is 0 Å². The Balaban J connectivity index is 1.37. The molecule has 0 saturated heterocycles. The first kappa shape index (κ1) is 24.6. The van der Waals surface area contributed by atoms with Gasteiger partial charge in [0.15, 0.2) is 6.19 Å². The van der Waals surface area contributed by atoms with Crippen molar-refractivity contribution < 1.29 is 0 Å². The number of nitrogens with one attached hydrogen (secondary N) is 1. The number of rotatable bonds is 3. The van der Waals surface area contributed by atoms with Crippen molar-refractivity contribution >= 4 is 5.71 Å². The van der Waals surface area contributed by atoms with Crippen LogP contribution in [-0.4, -0.2) is 5.71 Å². The summed E-state index contributed by atoms with van der Waals surface area (Å²) in [6, 6.07) is 35.3. The predicted octanol–water partition coefficient (Wildman–Crippen LogP) is 7.20. The molecular weight excluding hydrogens is 516 g/mol. The second kappa shape index (κ2) is 9.62. The predicted molar refractivity (Wildman–Crippen MR) is 159 cm³/mol. The Morgan fingerprint density at radius 2 is 1.12 bits per heavy atom. The maximum Gasteiger partial charge on any atom is 0.206 e. The maximum absolute atomic E-state index is 9.70. The highest BCUT2D eigenvalue weighted by Crippen LogP contribution is 2.50. The maximum atomic E-state index is 9.70. The van der Waals surface area contributed by atoms with Crippen molar-refractivity contribution in [2.75, 3.05) is 0 Å². The van der Waals surface area contributed by atoms with Crippen LogP contribution >= 0.6 is 0 Å². The van der Waals surface area contributed by atoms with Gasteiger partial charge >= 0.3 is 0 Å². The molecule has 1 atom stereocenters. The van der Waals surface area contributed by atoms with Crippen LogP contribution < -0.4 is 5.32 Å². The molecule has 0 radical (unpaired) electrons. The number of hydrogen-bond acceptors (Lipinski definition) is 6. The molecule has 0 bridgehead atoms. The van der Waals surface area contributed by atoms with Crippen molar-refractivity contribution in [3.63, 3.8) is 0 Å². The summed E-state index contributed by atoms with van der Waals surface area (Å²) in [5, 5.41) is 41.0. The minimum absolute atomic E-state index is 0.349. The van der Waals surface area contributed by atoms with E-state index in [-0.39, 0.29) is 6.04 Å². The molecule has 0 aliphatic heterocycles. The number of hydrogen-bond donors (Lipinski definition) is 1. The number of nitrogens with zero attached hydrogens (tertiary/aromatic N) is 5. The lowest BCUT2D eigenvalue weighted by molar-refractivity contribution is 0.760. The third-order valence-corrected chi connectivity index (χ3v) is 7.99. The second-order valence-corrected chi connectivity index (χ2v) is 10.2. The van der Waals surface area contributed by atoms with E-state index in [1.807, 2.05) is 66.9 Å². The molecule has 2 aliphatic carbocycles. The van der Waals surface area contributed by atoms with E-state index in [0.717, 1.165) is 66.8 Å². The first-order valence-electron chi connectivity index (χ1n) is 13.2. The van der Waals surface area contributed by atoms with Crippen molar-refractivity contribution in [2.24, 2.45) is 4.99 Å². The molecule has 42 heavy (non-hydrogen) atoms. The molecule has 0 amide bonds. The van der Waals surface area contributed by atoms with Crippen molar-refractivity contribution in [1.29, 1.82) is 21.0 Å². The Morgan fingerprint density at radius 1 is 0.524 bits per heavy atom. The fourth-order valence-electron chi connectivity index (χ4n) is 6.13. The zero-order chi connectivity index (χ0) is 28.8. The summed E-state index contributed by atoms with van der Waals surface area (Å²) in [7, 11) is 0. The lowest BCUT2D eigenvalue weighted by Gasteiger charge is -2.13. The lowest BCUT2D eigenvalue weighted by atomic mass is 9.96. The summed E-state index contributed by atoms with van der Waals surface area (Å²) in [5.74, 6) is 0. The number of fused-ring (bicyclic) bond motifs is 6. The van der Waals surface area contributed by atoms with E-state index < -0.39 is 0 Å². The first-order valence-corrected chi connectivity index (χ1v) is 13.2. The molecule has 0 saturated carbocycles. The average Bonchev–Trinajstić information content (AvgIpc) is 3.51. The molecular formula is C36H18N6. The summed E-state index contributed by atoms with van der Waals surface area (Å²) < 4.78 is 0. The standard InChI is InChI=1S/C36H18N6/c37-17-21-3-1-5-23(11-21)25-7-9-27-29-15-34-30(16-33(29)35(41-19-39)31(27)13-25)28-10-8-26(14-32(28)36(34)42-20-40)24-6-2-4-22(12-24)18-38/h1-16,35,41H/b42-36+. The molecule has 1 N–H and O–H groups in total. The zero-order valence-corrected chi connectivity index (χ0v) is 22.1. The molecule has 5 aromatic rings. The van der Waals surface area contributed by atoms with Gasteiger partial charge in [-0.3, -0.25) is 0 Å². The van der Waals surface area contributed by atoms with E-state index in [1.54, 1.807) is 12.1 Å². The molecule has 0 fully saturated rings. The molecule has 5 aromatic carbocycles. The molecule has 1 unspecified atom stereocenters. The van der Waals surface area contributed by atoms with Gasteiger partial charge in [-0.05, 0) is 104 Å². The van der Waals surface area contributed by atoms with E-state index in [1.165, 1.54) is 0 Å². The van der Waals surface area contributed by atoms with Crippen LogP contribution in [0.3, 0.4) is 0 Å². The summed E-state index contributed by atoms with van der Waals surface area (Å²) in [5.41, 5.74) is 13.1. The molecule has 192 valence electrons. The van der Waals surface area contributed by atoms with Crippen LogP contribution in [-0.2, 0) is 0 Å². The summed E-state index contributed by atoms with van der Waals surface area (Å²) >= 11 is 0. The van der Waals surface area contributed by atoms with Gasteiger partial charge in [-0.1, -0.05) is 48.5 Å². The van der Waals surface area contributed by atoms with Gasteiger partial charge in [0.1, 0.15) is 0 Å². The molecule has 6 nitrogen and oxygen atoms in total. The highest BCUT2D eigenvalue weighted by molar-refractivity contribution is 6.26. The monoisotopic (exact) mass is 534 g/mol. The van der Waals surface area contributed by atoms with E-state index in [2.05, 4.69) is 52.9 Å². The third kappa shape index (κ3) is 3.73. The van der Waals surface area contributed by atoms with Gasteiger partial charge < -0.3 is 5.32 Å². The molecule has 7 rings (SSSR count). The molecule has 6 heteroatoms. The topological polar surface area (TPSA) is 120 Å². The van der Waals surface area contributed by atoms with Gasteiger partial charge in [-0.2, -0.15) is 26.0 Å². The zero-order valence-electron chi connectivity index (χ0n) is 22.1. The quantitative estimate of drug-likeness (QED) is 0.190. The molecule has 0 heterocycles. The number of aliphatic imine (C=N–C) groups is 1. The van der Waals surface area contributed by atoms with Gasteiger partial charge in [-0.25, -0.2) is 0 Å². The van der Waals surface area contributed by atoms with Crippen LogP contribution in [0.25, 0.3) is 44.5 Å². The van der Waals surface area contributed by atoms with Crippen molar-refractivity contribution in [1.82, 2.24) is 5.32 Å². The fraction of sp³-hybridized carbons (Fsp3) is 0.0278. The summed E-state index contributed by atoms with van der Waals surface area (Å²) in [4.78, 5) is 4.26. The average molecular weight is 535 g/mol. The normalized spacial score (nSPS) is 14.4. The Labute approximate surface area is 242 Å². The Morgan fingerprint density at radius 3 is 1.76 bits per heavy atom.